The van der Waals surface area contributed by atoms with Gasteiger partial charge in [-0.05, 0) is 13.3 Å². The molecule has 0 bridgehead atoms. The van der Waals surface area contributed by atoms with E-state index in [9.17, 15) is 0 Å². The number of nitrogens with one attached hydrogen (secondary N) is 1. The van der Waals surface area contributed by atoms with Crippen molar-refractivity contribution in [2.75, 3.05) is 0 Å². The average molecular weight is 153 g/mol. The molecule has 0 fully saturated rings. The Morgan fingerprint density at radius 2 is 2.36 bits per heavy atom. The van der Waals surface area contributed by atoms with E-state index < -0.39 is 0 Å². The van der Waals surface area contributed by atoms with Crippen molar-refractivity contribution >= 4 is 0 Å². The average Bonchev–Trinajstić information content (AvgIpc) is 1.99. The minimum Gasteiger partial charge on any atom is -0.427 e. The lowest BCUT2D eigenvalue weighted by molar-refractivity contribution is 0.167. The molecule has 0 amide bonds. The lowest BCUT2D eigenvalue weighted by Gasteiger charge is -2.02. The van der Waals surface area contributed by atoms with Gasteiger partial charge in [-0.2, -0.15) is 4.73 Å². The van der Waals surface area contributed by atoms with E-state index in [2.05, 4.69) is 4.98 Å². The Morgan fingerprint density at radius 1 is 1.73 bits per heavy atom. The van der Waals surface area contributed by atoms with Crippen molar-refractivity contribution in [3.63, 3.8) is 0 Å². The number of aromatic nitrogens is 2. The smallest absolute Gasteiger partial charge is 0.182 e. The summed E-state index contributed by atoms with van der Waals surface area (Å²) >= 11 is 0. The van der Waals surface area contributed by atoms with Crippen LogP contribution in [0.5, 0.6) is 0 Å². The Labute approximate surface area is 64.6 Å². The molecule has 0 aliphatic carbocycles. The standard InChI is InChI=1S/C7H11N3O/c1-3-6-4-10(11)7(8)5(2)9-6/h4,8,11H,3H2,1-2H3. The molecule has 0 aliphatic heterocycles. The molecule has 0 atom stereocenters. The van der Waals surface area contributed by atoms with Gasteiger partial charge in [0.05, 0.1) is 17.6 Å². The van der Waals surface area contributed by atoms with E-state index in [-0.39, 0.29) is 5.49 Å². The fourth-order valence-corrected chi connectivity index (χ4v) is 0.839. The zero-order valence-corrected chi connectivity index (χ0v) is 6.63. The van der Waals surface area contributed by atoms with Crippen LogP contribution in [-0.2, 0) is 6.42 Å². The number of rotatable bonds is 1. The van der Waals surface area contributed by atoms with Gasteiger partial charge in [-0.3, -0.25) is 10.4 Å². The first-order valence-corrected chi connectivity index (χ1v) is 3.48. The molecule has 0 radical (unpaired) electrons. The Kier molecular flexibility index (Phi) is 1.94. The minimum atomic E-state index is 0.0437. The molecule has 60 valence electrons. The first-order valence-electron chi connectivity index (χ1n) is 3.48. The van der Waals surface area contributed by atoms with Crippen LogP contribution in [0.25, 0.3) is 0 Å². The molecule has 0 aliphatic rings. The fourth-order valence-electron chi connectivity index (χ4n) is 0.839. The maximum absolute atomic E-state index is 9.10. The SMILES string of the molecule is CCc1cn(O)c(=N)c(C)n1. The molecule has 4 nitrogen and oxygen atoms in total. The molecule has 0 spiro atoms. The second kappa shape index (κ2) is 2.74. The molecule has 1 rings (SSSR count). The van der Waals surface area contributed by atoms with E-state index in [0.717, 1.165) is 16.8 Å². The summed E-state index contributed by atoms with van der Waals surface area (Å²) in [4.78, 5) is 4.08. The number of nitrogens with zero attached hydrogens (tertiary/aromatic N) is 2. The summed E-state index contributed by atoms with van der Waals surface area (Å²) in [6, 6.07) is 0. The molecule has 2 N–H and O–H groups in total. The molecule has 0 aromatic carbocycles. The number of aryl methyl sites for hydroxylation is 2. The molecule has 1 heterocycles. The van der Waals surface area contributed by atoms with E-state index in [1.54, 1.807) is 6.92 Å². The lowest BCUT2D eigenvalue weighted by Crippen LogP contribution is -2.22. The van der Waals surface area contributed by atoms with Crippen molar-refractivity contribution in [2.24, 2.45) is 0 Å². The van der Waals surface area contributed by atoms with Gasteiger partial charge in [0.15, 0.2) is 5.49 Å². The molecule has 0 unspecified atom stereocenters. The highest BCUT2D eigenvalue weighted by atomic mass is 16.5. The Bertz CT molecular complexity index is 290. The Morgan fingerprint density at radius 3 is 2.82 bits per heavy atom. The minimum absolute atomic E-state index is 0.0437. The predicted octanol–water partition coefficient (Wildman–Crippen LogP) is 0.471. The fraction of sp³-hybridized carbons (Fsp3) is 0.429. The molecule has 0 saturated carbocycles. The topological polar surface area (TPSA) is 61.9 Å². The molecule has 0 saturated heterocycles. The molecular weight excluding hydrogens is 142 g/mol. The van der Waals surface area contributed by atoms with Gasteiger partial charge < -0.3 is 5.21 Å². The van der Waals surface area contributed by atoms with Crippen molar-refractivity contribution in [3.8, 4) is 0 Å². The third-order valence-corrected chi connectivity index (χ3v) is 1.52. The van der Waals surface area contributed by atoms with E-state index in [0.29, 0.717) is 5.69 Å². The van der Waals surface area contributed by atoms with Crippen LogP contribution < -0.4 is 5.49 Å². The molecule has 4 heteroatoms. The van der Waals surface area contributed by atoms with Gasteiger partial charge in [0.25, 0.3) is 0 Å². The monoisotopic (exact) mass is 153 g/mol. The van der Waals surface area contributed by atoms with Gasteiger partial charge >= 0.3 is 0 Å². The van der Waals surface area contributed by atoms with Crippen LogP contribution in [0.2, 0.25) is 0 Å². The van der Waals surface area contributed by atoms with Crippen molar-refractivity contribution in [1.29, 1.82) is 5.41 Å². The van der Waals surface area contributed by atoms with E-state index in [1.807, 2.05) is 6.92 Å². The lowest BCUT2D eigenvalue weighted by atomic mass is 10.3. The molecule has 1 aromatic heterocycles. The zero-order chi connectivity index (χ0) is 8.43. The van der Waals surface area contributed by atoms with Crippen LogP contribution in [0.4, 0.5) is 0 Å². The predicted molar refractivity (Wildman–Crippen MR) is 39.4 cm³/mol. The third-order valence-electron chi connectivity index (χ3n) is 1.52. The second-order valence-corrected chi connectivity index (χ2v) is 2.36. The summed E-state index contributed by atoms with van der Waals surface area (Å²) in [6.45, 7) is 3.65. The van der Waals surface area contributed by atoms with Crippen molar-refractivity contribution in [2.45, 2.75) is 20.3 Å². The van der Waals surface area contributed by atoms with Crippen molar-refractivity contribution in [3.05, 3.63) is 23.1 Å². The van der Waals surface area contributed by atoms with E-state index in [4.69, 9.17) is 10.6 Å². The molecular formula is C7H11N3O. The largest absolute Gasteiger partial charge is 0.427 e. The van der Waals surface area contributed by atoms with Gasteiger partial charge in [-0.25, -0.2) is 0 Å². The first kappa shape index (κ1) is 7.78. The highest BCUT2D eigenvalue weighted by Gasteiger charge is 1.97. The summed E-state index contributed by atoms with van der Waals surface area (Å²) in [5, 5.41) is 16.4. The number of hydrogen-bond donors (Lipinski definition) is 2. The summed E-state index contributed by atoms with van der Waals surface area (Å²) in [6.07, 6.45) is 2.22. The van der Waals surface area contributed by atoms with Crippen LogP contribution in [-0.4, -0.2) is 14.9 Å². The third kappa shape index (κ3) is 1.39. The zero-order valence-electron chi connectivity index (χ0n) is 6.63. The molecule has 11 heavy (non-hydrogen) atoms. The first-order chi connectivity index (χ1) is 5.15. The second-order valence-electron chi connectivity index (χ2n) is 2.36. The summed E-state index contributed by atoms with van der Waals surface area (Å²) < 4.78 is 0.793. The van der Waals surface area contributed by atoms with Gasteiger partial charge in [0.2, 0.25) is 0 Å². The highest BCUT2D eigenvalue weighted by molar-refractivity contribution is 5.00. The Hall–Kier alpha value is -1.32. The summed E-state index contributed by atoms with van der Waals surface area (Å²) in [5.41, 5.74) is 1.38. The maximum atomic E-state index is 9.10. The maximum Gasteiger partial charge on any atom is 0.182 e. The number of hydrogen-bond acceptors (Lipinski definition) is 3. The van der Waals surface area contributed by atoms with E-state index in [1.165, 1.54) is 6.20 Å². The van der Waals surface area contributed by atoms with Gasteiger partial charge in [0.1, 0.15) is 0 Å². The van der Waals surface area contributed by atoms with E-state index >= 15 is 0 Å². The van der Waals surface area contributed by atoms with Crippen molar-refractivity contribution < 1.29 is 5.21 Å². The van der Waals surface area contributed by atoms with Gasteiger partial charge in [-0.1, -0.05) is 6.92 Å². The van der Waals surface area contributed by atoms with Crippen LogP contribution in [0, 0.1) is 12.3 Å². The highest BCUT2D eigenvalue weighted by Crippen LogP contribution is 1.92. The normalized spacial score (nSPS) is 10.0. The van der Waals surface area contributed by atoms with Gasteiger partial charge in [0, 0.05) is 0 Å². The van der Waals surface area contributed by atoms with Gasteiger partial charge in [-0.15, -0.1) is 0 Å². The van der Waals surface area contributed by atoms with Crippen LogP contribution in [0.15, 0.2) is 6.20 Å². The quantitative estimate of drug-likeness (QED) is 0.576. The van der Waals surface area contributed by atoms with Crippen molar-refractivity contribution in [1.82, 2.24) is 9.71 Å². The van der Waals surface area contributed by atoms with Crippen LogP contribution >= 0.6 is 0 Å². The van der Waals surface area contributed by atoms with Crippen LogP contribution in [0.3, 0.4) is 0 Å². The summed E-state index contributed by atoms with van der Waals surface area (Å²) in [7, 11) is 0. The van der Waals surface area contributed by atoms with Crippen LogP contribution in [0.1, 0.15) is 18.3 Å². The Balaban J connectivity index is 3.32. The molecule has 1 aromatic rings. The summed E-state index contributed by atoms with van der Waals surface area (Å²) in [5.74, 6) is 0.